The second-order valence-electron chi connectivity index (χ2n) is 8.10. The Morgan fingerprint density at radius 2 is 1.84 bits per heavy atom. The maximum Gasteiger partial charge on any atom is 0.310 e. The normalized spacial score (nSPS) is 15.1. The highest BCUT2D eigenvalue weighted by Gasteiger charge is 2.26. The minimum atomic E-state index is -3.78. The Morgan fingerprint density at radius 3 is 2.56 bits per heavy atom. The Bertz CT molecular complexity index is 1230. The SMILES string of the molecule is COC(=O)Cc1c(-c2ccc(OC)c(S(=O)(=O)NC3CCCCC3)c2)[nH]c2ccccc12. The van der Waals surface area contributed by atoms with Gasteiger partial charge in [0.1, 0.15) is 10.6 Å². The van der Waals surface area contributed by atoms with Gasteiger partial charge in [-0.2, -0.15) is 0 Å². The number of sulfonamides is 1. The van der Waals surface area contributed by atoms with E-state index in [0.717, 1.165) is 48.6 Å². The maximum absolute atomic E-state index is 13.3. The Labute approximate surface area is 188 Å². The van der Waals surface area contributed by atoms with Crippen LogP contribution >= 0.6 is 0 Å². The van der Waals surface area contributed by atoms with Gasteiger partial charge in [-0.15, -0.1) is 0 Å². The standard InChI is InChI=1S/C24H28N2O5S/c1-30-21-13-12-16(14-22(21)32(28,29)26-17-8-4-3-5-9-17)24-19(15-23(27)31-2)18-10-6-7-11-20(18)25-24/h6-7,10-14,17,25-26H,3-5,8-9,15H2,1-2H3. The number of ether oxygens (including phenoxy) is 2. The van der Waals surface area contributed by atoms with E-state index < -0.39 is 10.0 Å². The first-order valence-corrected chi connectivity index (χ1v) is 12.3. The van der Waals surface area contributed by atoms with Crippen LogP contribution in [0.3, 0.4) is 0 Å². The lowest BCUT2D eigenvalue weighted by Crippen LogP contribution is -2.36. The van der Waals surface area contributed by atoms with Gasteiger partial charge < -0.3 is 14.5 Å². The Balaban J connectivity index is 1.79. The minimum absolute atomic E-state index is 0.0647. The summed E-state index contributed by atoms with van der Waals surface area (Å²) in [4.78, 5) is 15.5. The molecular formula is C24H28N2O5S. The second kappa shape index (κ2) is 9.34. The Morgan fingerprint density at radius 1 is 1.09 bits per heavy atom. The van der Waals surface area contributed by atoms with E-state index in [9.17, 15) is 13.2 Å². The number of hydrogen-bond donors (Lipinski definition) is 2. The van der Waals surface area contributed by atoms with Crippen LogP contribution in [0.25, 0.3) is 22.2 Å². The number of hydrogen-bond acceptors (Lipinski definition) is 5. The molecule has 0 saturated heterocycles. The molecule has 7 nitrogen and oxygen atoms in total. The van der Waals surface area contributed by atoms with Crippen LogP contribution in [-0.2, 0) is 26.0 Å². The Hall–Kier alpha value is -2.84. The molecule has 4 rings (SSSR count). The molecule has 1 aromatic heterocycles. The molecule has 3 aromatic rings. The van der Waals surface area contributed by atoms with E-state index in [1.807, 2.05) is 24.3 Å². The molecule has 0 aliphatic heterocycles. The van der Waals surface area contributed by atoms with E-state index in [-0.39, 0.29) is 29.1 Å². The molecule has 0 bridgehead atoms. The van der Waals surface area contributed by atoms with Gasteiger partial charge in [-0.25, -0.2) is 13.1 Å². The predicted molar refractivity (Wildman–Crippen MR) is 123 cm³/mol. The van der Waals surface area contributed by atoms with Crippen LogP contribution in [0, 0.1) is 0 Å². The summed E-state index contributed by atoms with van der Waals surface area (Å²) in [5.41, 5.74) is 2.97. The number of fused-ring (bicyclic) bond motifs is 1. The number of esters is 1. The van der Waals surface area contributed by atoms with Gasteiger partial charge in [0.2, 0.25) is 10.0 Å². The van der Waals surface area contributed by atoms with Crippen molar-refractivity contribution in [2.75, 3.05) is 14.2 Å². The topological polar surface area (TPSA) is 97.5 Å². The smallest absolute Gasteiger partial charge is 0.310 e. The van der Waals surface area contributed by atoms with Crippen molar-refractivity contribution in [3.8, 4) is 17.0 Å². The second-order valence-corrected chi connectivity index (χ2v) is 9.78. The van der Waals surface area contributed by atoms with Crippen LogP contribution in [-0.4, -0.2) is 39.6 Å². The van der Waals surface area contributed by atoms with Crippen LogP contribution in [0.2, 0.25) is 0 Å². The molecular weight excluding hydrogens is 428 g/mol. The monoisotopic (exact) mass is 456 g/mol. The molecule has 1 heterocycles. The van der Waals surface area contributed by atoms with E-state index in [0.29, 0.717) is 11.3 Å². The van der Waals surface area contributed by atoms with Crippen molar-refractivity contribution in [3.05, 3.63) is 48.0 Å². The maximum atomic E-state index is 13.3. The van der Waals surface area contributed by atoms with E-state index in [1.54, 1.807) is 18.2 Å². The fourth-order valence-corrected chi connectivity index (χ4v) is 5.89. The number of nitrogens with one attached hydrogen (secondary N) is 2. The van der Waals surface area contributed by atoms with Crippen molar-refractivity contribution in [2.24, 2.45) is 0 Å². The highest BCUT2D eigenvalue weighted by Crippen LogP contribution is 2.35. The van der Waals surface area contributed by atoms with Crippen molar-refractivity contribution in [2.45, 2.75) is 49.5 Å². The predicted octanol–water partition coefficient (Wildman–Crippen LogP) is 4.17. The molecule has 1 fully saturated rings. The van der Waals surface area contributed by atoms with Crippen LogP contribution in [0.5, 0.6) is 5.75 Å². The van der Waals surface area contributed by atoms with Gasteiger partial charge in [-0.3, -0.25) is 4.79 Å². The zero-order valence-electron chi connectivity index (χ0n) is 18.3. The first kappa shape index (κ1) is 22.4. The summed E-state index contributed by atoms with van der Waals surface area (Å²) in [6.45, 7) is 0. The van der Waals surface area contributed by atoms with Crippen LogP contribution in [0.4, 0.5) is 0 Å². The zero-order valence-corrected chi connectivity index (χ0v) is 19.1. The molecule has 8 heteroatoms. The van der Waals surface area contributed by atoms with Gasteiger partial charge in [0.25, 0.3) is 0 Å². The molecule has 2 N–H and O–H groups in total. The summed E-state index contributed by atoms with van der Waals surface area (Å²) in [7, 11) is -0.973. The molecule has 0 radical (unpaired) electrons. The highest BCUT2D eigenvalue weighted by molar-refractivity contribution is 7.89. The number of carbonyl (C=O) groups excluding carboxylic acids is 1. The number of aromatic nitrogens is 1. The van der Waals surface area contributed by atoms with Crippen molar-refractivity contribution >= 4 is 26.9 Å². The van der Waals surface area contributed by atoms with Crippen molar-refractivity contribution in [1.82, 2.24) is 9.71 Å². The number of rotatable bonds is 7. The number of aromatic amines is 1. The highest BCUT2D eigenvalue weighted by atomic mass is 32.2. The summed E-state index contributed by atoms with van der Waals surface area (Å²) in [6.07, 6.45) is 4.94. The van der Waals surface area contributed by atoms with Crippen LogP contribution in [0.15, 0.2) is 47.4 Å². The van der Waals surface area contributed by atoms with E-state index in [2.05, 4.69) is 9.71 Å². The van der Waals surface area contributed by atoms with Gasteiger partial charge in [0.05, 0.1) is 26.3 Å². The van der Waals surface area contributed by atoms with Crippen molar-refractivity contribution in [1.29, 1.82) is 0 Å². The van der Waals surface area contributed by atoms with Gasteiger partial charge in [0.15, 0.2) is 0 Å². The third-order valence-electron chi connectivity index (χ3n) is 6.03. The van der Waals surface area contributed by atoms with Crippen LogP contribution < -0.4 is 9.46 Å². The van der Waals surface area contributed by atoms with E-state index in [4.69, 9.17) is 9.47 Å². The van der Waals surface area contributed by atoms with E-state index >= 15 is 0 Å². The van der Waals surface area contributed by atoms with Crippen molar-refractivity contribution < 1.29 is 22.7 Å². The summed E-state index contributed by atoms with van der Waals surface area (Å²) < 4.78 is 39.7. The number of methoxy groups -OCH3 is 2. The van der Waals surface area contributed by atoms with E-state index in [1.165, 1.54) is 14.2 Å². The summed E-state index contributed by atoms with van der Waals surface area (Å²) in [5.74, 6) is -0.0842. The number of benzene rings is 2. The van der Waals surface area contributed by atoms with Gasteiger partial charge >= 0.3 is 5.97 Å². The third-order valence-corrected chi connectivity index (χ3v) is 7.57. The van der Waals surface area contributed by atoms with Gasteiger partial charge in [-0.05, 0) is 48.2 Å². The third kappa shape index (κ3) is 4.52. The summed E-state index contributed by atoms with van der Waals surface area (Å²) in [5, 5.41) is 0.897. The largest absolute Gasteiger partial charge is 0.495 e. The number of para-hydroxylation sites is 1. The van der Waals surface area contributed by atoms with Crippen LogP contribution in [0.1, 0.15) is 37.7 Å². The molecule has 32 heavy (non-hydrogen) atoms. The molecule has 0 atom stereocenters. The summed E-state index contributed by atoms with van der Waals surface area (Å²) >= 11 is 0. The average molecular weight is 457 g/mol. The average Bonchev–Trinajstić information content (AvgIpc) is 3.17. The Kier molecular flexibility index (Phi) is 6.53. The van der Waals surface area contributed by atoms with Crippen molar-refractivity contribution in [3.63, 3.8) is 0 Å². The number of carbonyl (C=O) groups is 1. The molecule has 0 amide bonds. The number of H-pyrrole nitrogens is 1. The molecule has 170 valence electrons. The molecule has 1 aliphatic rings. The zero-order chi connectivity index (χ0) is 22.7. The first-order valence-electron chi connectivity index (χ1n) is 10.8. The van der Waals surface area contributed by atoms with Gasteiger partial charge in [0, 0.05) is 16.9 Å². The van der Waals surface area contributed by atoms with Gasteiger partial charge in [-0.1, -0.05) is 37.5 Å². The summed E-state index contributed by atoms with van der Waals surface area (Å²) in [6, 6.07) is 12.6. The fourth-order valence-electron chi connectivity index (χ4n) is 4.39. The molecule has 1 saturated carbocycles. The molecule has 2 aromatic carbocycles. The first-order chi connectivity index (χ1) is 15.4. The quantitative estimate of drug-likeness (QED) is 0.520. The molecule has 0 spiro atoms. The lowest BCUT2D eigenvalue weighted by atomic mass is 9.96. The minimum Gasteiger partial charge on any atom is -0.495 e. The lowest BCUT2D eigenvalue weighted by molar-refractivity contribution is -0.139. The molecule has 1 aliphatic carbocycles. The lowest BCUT2D eigenvalue weighted by Gasteiger charge is -2.23. The fraction of sp³-hybridized carbons (Fsp3) is 0.375. The molecule has 0 unspecified atom stereocenters.